The largest absolute Gasteiger partial charge is 0.479 e. The zero-order chi connectivity index (χ0) is 25.5. The monoisotopic (exact) mass is 465 g/mol. The molecule has 17 nitrogen and oxygen atoms in total. The lowest BCUT2D eigenvalue weighted by molar-refractivity contribution is -0.396. The lowest BCUT2D eigenvalue weighted by Gasteiger charge is -2.06. The average molecular weight is 465 g/mol. The third-order valence-corrected chi connectivity index (χ3v) is 3.81. The van der Waals surface area contributed by atoms with E-state index in [4.69, 9.17) is 10.4 Å². The summed E-state index contributed by atoms with van der Waals surface area (Å²) in [6.07, 6.45) is -4.22. The van der Waals surface area contributed by atoms with Gasteiger partial charge in [-0.05, 0) is 12.1 Å². The van der Waals surface area contributed by atoms with Gasteiger partial charge >= 0.3 is 5.97 Å². The number of nitro groups is 4. The Morgan fingerprint density at radius 1 is 0.758 bits per heavy atom. The molecule has 17 heteroatoms. The van der Waals surface area contributed by atoms with Crippen molar-refractivity contribution in [1.82, 2.24) is 0 Å². The van der Waals surface area contributed by atoms with E-state index in [1.807, 2.05) is 0 Å². The van der Waals surface area contributed by atoms with Gasteiger partial charge in [0, 0.05) is 24.3 Å². The number of benzene rings is 2. The van der Waals surface area contributed by atoms with Crippen molar-refractivity contribution >= 4 is 28.7 Å². The molecule has 0 fully saturated rings. The van der Waals surface area contributed by atoms with Crippen LogP contribution in [0.5, 0.6) is 0 Å². The van der Waals surface area contributed by atoms with Gasteiger partial charge in [0.2, 0.25) is 0 Å². The number of hydrogen-bond acceptors (Lipinski definition) is 12. The number of aliphatic carboxylic acids is 1. The fourth-order valence-corrected chi connectivity index (χ4v) is 2.47. The maximum absolute atomic E-state index is 10.6. The Hall–Kier alpha value is -5.08. The molecule has 0 aliphatic heterocycles. The van der Waals surface area contributed by atoms with Crippen LogP contribution in [-0.4, -0.2) is 41.0 Å². The quantitative estimate of drug-likeness (QED) is 0.298. The first-order chi connectivity index (χ1) is 15.3. The highest BCUT2D eigenvalue weighted by molar-refractivity contribution is 5.78. The van der Waals surface area contributed by atoms with Crippen LogP contribution in [0, 0.1) is 51.8 Å². The minimum Gasteiger partial charge on any atom is -0.479 e. The molecule has 2 atom stereocenters. The standard InChI is InChI=1S/C8H5N3O5.C8H6N2O7/c9-4-7(12)8-5(10(13)14)2-1-3-6(8)11(15)16;11-7(8(12)13)6-4(9(14)15)2-1-3-5(6)10(16)17/h1-3,7,12H;1-3,7,11H,(H,12,13). The van der Waals surface area contributed by atoms with Gasteiger partial charge in [0.15, 0.2) is 12.2 Å². The summed E-state index contributed by atoms with van der Waals surface area (Å²) in [4.78, 5) is 49.2. The second-order valence-electron chi connectivity index (χ2n) is 5.72. The Bertz CT molecular complexity index is 1110. The summed E-state index contributed by atoms with van der Waals surface area (Å²) in [5, 5.41) is 77.8. The second-order valence-corrected chi connectivity index (χ2v) is 5.72. The molecule has 2 aromatic rings. The first kappa shape index (κ1) is 26.0. The summed E-state index contributed by atoms with van der Waals surface area (Å²) in [6.45, 7) is 0. The molecule has 172 valence electrons. The van der Waals surface area contributed by atoms with Crippen molar-refractivity contribution in [1.29, 1.82) is 5.26 Å². The molecule has 33 heavy (non-hydrogen) atoms. The van der Waals surface area contributed by atoms with E-state index in [0.717, 1.165) is 36.4 Å². The Morgan fingerprint density at radius 3 is 1.30 bits per heavy atom. The molecule has 2 rings (SSSR count). The molecule has 0 aliphatic carbocycles. The van der Waals surface area contributed by atoms with E-state index in [1.165, 1.54) is 6.07 Å². The molecule has 0 aliphatic rings. The Labute approximate surface area is 181 Å². The van der Waals surface area contributed by atoms with Crippen molar-refractivity contribution in [2.75, 3.05) is 0 Å². The molecule has 0 aromatic heterocycles. The fraction of sp³-hybridized carbons (Fsp3) is 0.125. The number of carboxylic acids is 1. The molecule has 0 radical (unpaired) electrons. The Balaban J connectivity index is 0.000000331. The van der Waals surface area contributed by atoms with Crippen molar-refractivity contribution < 1.29 is 39.8 Å². The van der Waals surface area contributed by atoms with Crippen molar-refractivity contribution in [3.8, 4) is 6.07 Å². The molecule has 0 saturated heterocycles. The van der Waals surface area contributed by atoms with Gasteiger partial charge in [0.1, 0.15) is 11.1 Å². The van der Waals surface area contributed by atoms with Crippen LogP contribution in [-0.2, 0) is 4.79 Å². The van der Waals surface area contributed by atoms with Gasteiger partial charge in [-0.25, -0.2) is 4.79 Å². The number of hydrogen-bond donors (Lipinski definition) is 3. The van der Waals surface area contributed by atoms with E-state index in [0.29, 0.717) is 0 Å². The molecule has 2 aromatic carbocycles. The minimum absolute atomic E-state index is 0.597. The topological polar surface area (TPSA) is 274 Å². The van der Waals surface area contributed by atoms with E-state index < -0.39 is 71.7 Å². The first-order valence-electron chi connectivity index (χ1n) is 8.17. The molecule has 0 amide bonds. The van der Waals surface area contributed by atoms with Crippen molar-refractivity contribution in [3.05, 3.63) is 88.0 Å². The lowest BCUT2D eigenvalue weighted by Crippen LogP contribution is -2.14. The summed E-state index contributed by atoms with van der Waals surface area (Å²) in [5.41, 5.74) is -4.36. The SMILES string of the molecule is N#CC(O)c1c([N+](=O)[O-])cccc1[N+](=O)[O-].O=C(O)C(O)c1c([N+](=O)[O-])cccc1[N+](=O)[O-]. The smallest absolute Gasteiger partial charge is 0.337 e. The fourth-order valence-electron chi connectivity index (χ4n) is 2.47. The summed E-state index contributed by atoms with van der Waals surface area (Å²) in [6, 6.07) is 7.21. The highest BCUT2D eigenvalue weighted by atomic mass is 16.6. The van der Waals surface area contributed by atoms with Crippen LogP contribution in [0.4, 0.5) is 22.7 Å². The molecule has 2 unspecified atom stereocenters. The number of carbonyl (C=O) groups is 1. The number of rotatable bonds is 7. The predicted molar refractivity (Wildman–Crippen MR) is 103 cm³/mol. The van der Waals surface area contributed by atoms with E-state index in [-0.39, 0.29) is 0 Å². The van der Waals surface area contributed by atoms with Crippen LogP contribution in [0.15, 0.2) is 36.4 Å². The van der Waals surface area contributed by atoms with Crippen LogP contribution in [0.1, 0.15) is 23.3 Å². The Kier molecular flexibility index (Phi) is 8.50. The summed E-state index contributed by atoms with van der Waals surface area (Å²) in [7, 11) is 0. The van der Waals surface area contributed by atoms with Gasteiger partial charge in [-0.3, -0.25) is 40.5 Å². The van der Waals surface area contributed by atoms with E-state index >= 15 is 0 Å². The zero-order valence-electron chi connectivity index (χ0n) is 15.9. The second kappa shape index (κ2) is 10.8. The third-order valence-electron chi connectivity index (χ3n) is 3.81. The lowest BCUT2D eigenvalue weighted by atomic mass is 10.0. The number of aliphatic hydroxyl groups excluding tert-OH is 2. The van der Waals surface area contributed by atoms with Gasteiger partial charge in [0.25, 0.3) is 22.7 Å². The predicted octanol–water partition coefficient (Wildman–Crippen LogP) is 1.68. The highest BCUT2D eigenvalue weighted by Crippen LogP contribution is 2.34. The van der Waals surface area contributed by atoms with Gasteiger partial charge in [-0.1, -0.05) is 0 Å². The highest BCUT2D eigenvalue weighted by Gasteiger charge is 2.34. The molecule has 0 spiro atoms. The van der Waals surface area contributed by atoms with Gasteiger partial charge in [0.05, 0.1) is 25.8 Å². The van der Waals surface area contributed by atoms with Gasteiger partial charge in [-0.2, -0.15) is 5.26 Å². The number of nitriles is 1. The molecular weight excluding hydrogens is 454 g/mol. The summed E-state index contributed by atoms with van der Waals surface area (Å²) < 4.78 is 0. The van der Waals surface area contributed by atoms with Crippen molar-refractivity contribution in [3.63, 3.8) is 0 Å². The molecular formula is C16H11N5O12. The van der Waals surface area contributed by atoms with E-state index in [2.05, 4.69) is 0 Å². The number of carboxylic acid groups (broad SMARTS) is 1. The van der Waals surface area contributed by atoms with Crippen LogP contribution in [0.2, 0.25) is 0 Å². The summed E-state index contributed by atoms with van der Waals surface area (Å²) in [5.74, 6) is -1.80. The van der Waals surface area contributed by atoms with Crippen LogP contribution in [0.3, 0.4) is 0 Å². The first-order valence-corrected chi connectivity index (χ1v) is 8.17. The zero-order valence-corrected chi connectivity index (χ0v) is 15.9. The van der Waals surface area contributed by atoms with Crippen LogP contribution in [0.25, 0.3) is 0 Å². The number of aliphatic hydroxyl groups is 2. The average Bonchev–Trinajstić information content (AvgIpc) is 2.76. The molecule has 3 N–H and O–H groups in total. The van der Waals surface area contributed by atoms with Gasteiger partial charge in [-0.15, -0.1) is 0 Å². The van der Waals surface area contributed by atoms with Gasteiger partial charge < -0.3 is 15.3 Å². The van der Waals surface area contributed by atoms with Crippen molar-refractivity contribution in [2.45, 2.75) is 12.2 Å². The minimum atomic E-state index is -2.32. The normalized spacial score (nSPS) is 11.7. The van der Waals surface area contributed by atoms with Crippen LogP contribution >= 0.6 is 0 Å². The number of nitrogens with zero attached hydrogens (tertiary/aromatic N) is 5. The summed E-state index contributed by atoms with van der Waals surface area (Å²) >= 11 is 0. The molecule has 0 saturated carbocycles. The van der Waals surface area contributed by atoms with Crippen LogP contribution < -0.4 is 0 Å². The third kappa shape index (κ3) is 5.97. The molecule has 0 heterocycles. The van der Waals surface area contributed by atoms with E-state index in [1.54, 1.807) is 0 Å². The number of nitro benzene ring substituents is 4. The Morgan fingerprint density at radius 2 is 1.06 bits per heavy atom. The molecule has 0 bridgehead atoms. The van der Waals surface area contributed by atoms with Crippen molar-refractivity contribution in [2.24, 2.45) is 0 Å². The maximum atomic E-state index is 10.6. The van der Waals surface area contributed by atoms with E-state index in [9.17, 15) is 55.5 Å². The maximum Gasteiger partial charge on any atom is 0.337 e.